The van der Waals surface area contributed by atoms with Gasteiger partial charge in [-0.1, -0.05) is 38.2 Å². The number of carbonyl (C=O) groups excluding carboxylic acids is 1. The zero-order valence-corrected chi connectivity index (χ0v) is 17.8. The summed E-state index contributed by atoms with van der Waals surface area (Å²) < 4.78 is 57.8. The number of para-hydroxylation sites is 1. The molecule has 8 nitrogen and oxygen atoms in total. The number of sulfone groups is 1. The minimum atomic E-state index is -3.82. The quantitative estimate of drug-likeness (QED) is 0.591. The highest BCUT2D eigenvalue weighted by Crippen LogP contribution is 2.28. The predicted molar refractivity (Wildman–Crippen MR) is 107 cm³/mol. The molecule has 2 heterocycles. The maximum absolute atomic E-state index is 13.6. The fraction of sp³-hybridized carbons (Fsp3) is 0.278. The number of thiazole rings is 1. The minimum Gasteiger partial charge on any atom is -0.444 e. The zero-order valence-electron chi connectivity index (χ0n) is 16.2. The van der Waals surface area contributed by atoms with Gasteiger partial charge in [0.15, 0.2) is 15.0 Å². The summed E-state index contributed by atoms with van der Waals surface area (Å²) in [6.45, 7) is 5.72. The van der Waals surface area contributed by atoms with Crippen LogP contribution >= 0.6 is 11.3 Å². The van der Waals surface area contributed by atoms with E-state index in [1.165, 1.54) is 6.20 Å². The smallest absolute Gasteiger partial charge is 0.325 e. The number of anilines is 2. The molecule has 0 unspecified atom stereocenters. The van der Waals surface area contributed by atoms with Crippen LogP contribution in [0.3, 0.4) is 0 Å². The van der Waals surface area contributed by atoms with Gasteiger partial charge in [0.2, 0.25) is 5.89 Å². The van der Waals surface area contributed by atoms with Gasteiger partial charge in [-0.05, 0) is 12.1 Å². The number of hydrogen-bond acceptors (Lipinski definition) is 7. The Labute approximate surface area is 175 Å². The van der Waals surface area contributed by atoms with Crippen molar-refractivity contribution in [2.75, 3.05) is 10.6 Å². The third-order valence-corrected chi connectivity index (χ3v) is 6.88. The van der Waals surface area contributed by atoms with Gasteiger partial charge in [-0.3, -0.25) is 5.32 Å². The van der Waals surface area contributed by atoms with Crippen molar-refractivity contribution in [1.29, 1.82) is 0 Å². The van der Waals surface area contributed by atoms with Gasteiger partial charge in [-0.15, -0.1) is 0 Å². The van der Waals surface area contributed by atoms with Crippen LogP contribution in [0.4, 0.5) is 24.4 Å². The first kappa shape index (κ1) is 21.8. The molecule has 0 aliphatic carbocycles. The number of carbonyl (C=O) groups is 1. The number of hydrogen-bond donors (Lipinski definition) is 2. The van der Waals surface area contributed by atoms with E-state index >= 15 is 0 Å². The summed E-state index contributed by atoms with van der Waals surface area (Å²) in [5, 5.41) is 4.21. The first-order valence-electron chi connectivity index (χ1n) is 8.61. The summed E-state index contributed by atoms with van der Waals surface area (Å²) in [7, 11) is -3.82. The second-order valence-electron chi connectivity index (χ2n) is 7.29. The molecule has 0 bridgehead atoms. The monoisotopic (exact) mass is 456 g/mol. The van der Waals surface area contributed by atoms with Crippen molar-refractivity contribution in [3.8, 4) is 0 Å². The highest BCUT2D eigenvalue weighted by molar-refractivity contribution is 7.92. The molecule has 30 heavy (non-hydrogen) atoms. The Morgan fingerprint density at radius 2 is 1.80 bits per heavy atom. The lowest BCUT2D eigenvalue weighted by molar-refractivity contribution is 0.262. The van der Waals surface area contributed by atoms with Crippen molar-refractivity contribution in [3.05, 3.63) is 53.9 Å². The lowest BCUT2D eigenvalue weighted by Crippen LogP contribution is -2.20. The van der Waals surface area contributed by atoms with Crippen LogP contribution in [-0.4, -0.2) is 24.4 Å². The summed E-state index contributed by atoms with van der Waals surface area (Å²) in [6.07, 6.45) is 2.56. The lowest BCUT2D eigenvalue weighted by Gasteiger charge is -2.13. The van der Waals surface area contributed by atoms with Crippen LogP contribution in [0.5, 0.6) is 0 Å². The Balaban J connectivity index is 1.69. The molecule has 0 aliphatic rings. The number of urea groups is 1. The molecule has 2 aromatic heterocycles. The number of aromatic nitrogens is 2. The van der Waals surface area contributed by atoms with Crippen LogP contribution in [0, 0.1) is 11.6 Å². The standard InChI is InChI=1S/C18H18F2N4O4S2/c1-18(2,3)12-7-21-13(28-12)9-30(26,27)14-8-22-17(29-14)24-16(25)23-15-10(19)5-4-6-11(15)20/h4-8H,9H2,1-3H3,(H2,22,23,24,25). The first-order chi connectivity index (χ1) is 14.0. The van der Waals surface area contributed by atoms with E-state index in [9.17, 15) is 22.0 Å². The zero-order chi connectivity index (χ0) is 22.1. The molecule has 0 atom stereocenters. The largest absolute Gasteiger partial charge is 0.444 e. The third-order valence-electron chi connectivity index (χ3n) is 3.82. The van der Waals surface area contributed by atoms with Gasteiger partial charge in [0.05, 0.1) is 12.4 Å². The van der Waals surface area contributed by atoms with Gasteiger partial charge in [0.1, 0.15) is 33.0 Å². The van der Waals surface area contributed by atoms with Crippen molar-refractivity contribution < 1.29 is 26.4 Å². The molecule has 0 aliphatic heterocycles. The van der Waals surface area contributed by atoms with E-state index < -0.39 is 38.9 Å². The van der Waals surface area contributed by atoms with Crippen LogP contribution in [-0.2, 0) is 21.0 Å². The maximum atomic E-state index is 13.6. The van der Waals surface area contributed by atoms with E-state index in [-0.39, 0.29) is 20.6 Å². The summed E-state index contributed by atoms with van der Waals surface area (Å²) in [4.78, 5) is 19.8. The van der Waals surface area contributed by atoms with Crippen molar-refractivity contribution >= 4 is 38.0 Å². The third kappa shape index (κ3) is 5.00. The van der Waals surface area contributed by atoms with E-state index in [1.54, 1.807) is 0 Å². The molecule has 12 heteroatoms. The fourth-order valence-corrected chi connectivity index (χ4v) is 4.56. The Morgan fingerprint density at radius 1 is 1.13 bits per heavy atom. The fourth-order valence-electron chi connectivity index (χ4n) is 2.28. The van der Waals surface area contributed by atoms with Crippen LogP contribution in [0.2, 0.25) is 0 Å². The molecule has 160 valence electrons. The van der Waals surface area contributed by atoms with E-state index in [0.29, 0.717) is 17.1 Å². The molecule has 2 amide bonds. The second kappa shape index (κ2) is 8.11. The Hall–Kier alpha value is -2.86. The summed E-state index contributed by atoms with van der Waals surface area (Å²) in [5.41, 5.74) is -0.945. The Morgan fingerprint density at radius 3 is 2.40 bits per heavy atom. The molecule has 1 aromatic carbocycles. The first-order valence-corrected chi connectivity index (χ1v) is 11.1. The maximum Gasteiger partial charge on any atom is 0.325 e. The van der Waals surface area contributed by atoms with Crippen molar-refractivity contribution in [1.82, 2.24) is 9.97 Å². The summed E-state index contributed by atoms with van der Waals surface area (Å²) >= 11 is 0.691. The van der Waals surface area contributed by atoms with Gasteiger partial charge < -0.3 is 9.73 Å². The van der Waals surface area contributed by atoms with Gasteiger partial charge >= 0.3 is 6.03 Å². The molecule has 0 radical (unpaired) electrons. The Bertz CT molecular complexity index is 1160. The molecule has 0 fully saturated rings. The average molecular weight is 456 g/mol. The van der Waals surface area contributed by atoms with Gasteiger partial charge in [-0.25, -0.2) is 32.0 Å². The molecule has 3 rings (SSSR count). The lowest BCUT2D eigenvalue weighted by atomic mass is 9.94. The molecule has 3 aromatic rings. The molecule has 0 saturated heterocycles. The molecular formula is C18H18F2N4O4S2. The second-order valence-corrected chi connectivity index (χ2v) is 10.5. The average Bonchev–Trinajstić information content (AvgIpc) is 3.27. The highest BCUT2D eigenvalue weighted by atomic mass is 32.2. The van der Waals surface area contributed by atoms with Gasteiger partial charge in [-0.2, -0.15) is 0 Å². The number of amides is 2. The Kier molecular flexibility index (Phi) is 5.90. The number of benzene rings is 1. The minimum absolute atomic E-state index is 0.0376. The van der Waals surface area contributed by atoms with E-state index in [1.807, 2.05) is 26.1 Å². The number of nitrogens with zero attached hydrogens (tertiary/aromatic N) is 2. The number of nitrogens with one attached hydrogen (secondary N) is 2. The van der Waals surface area contributed by atoms with Gasteiger partial charge in [0.25, 0.3) is 0 Å². The van der Waals surface area contributed by atoms with Crippen LogP contribution in [0.25, 0.3) is 0 Å². The molecule has 0 spiro atoms. The van der Waals surface area contributed by atoms with Crippen molar-refractivity contribution in [2.24, 2.45) is 0 Å². The molecule has 2 N–H and O–H groups in total. The predicted octanol–water partition coefficient (Wildman–Crippen LogP) is 4.32. The number of oxazole rings is 1. The van der Waals surface area contributed by atoms with E-state index in [0.717, 1.165) is 24.4 Å². The van der Waals surface area contributed by atoms with Gasteiger partial charge in [0, 0.05) is 5.41 Å². The molecular weight excluding hydrogens is 438 g/mol. The van der Waals surface area contributed by atoms with Crippen molar-refractivity contribution in [3.63, 3.8) is 0 Å². The SMILES string of the molecule is CC(C)(C)c1cnc(CS(=O)(=O)c2cnc(NC(=O)Nc3c(F)cccc3F)s2)o1. The normalized spacial score (nSPS) is 12.0. The molecule has 0 saturated carbocycles. The van der Waals surface area contributed by atoms with Crippen molar-refractivity contribution in [2.45, 2.75) is 36.1 Å². The van der Waals surface area contributed by atoms with E-state index in [2.05, 4.69) is 15.3 Å². The number of halogens is 2. The van der Waals surface area contributed by atoms with Crippen LogP contribution in [0.15, 0.2) is 39.2 Å². The van der Waals surface area contributed by atoms with E-state index in [4.69, 9.17) is 4.42 Å². The van der Waals surface area contributed by atoms with Crippen LogP contribution in [0.1, 0.15) is 32.4 Å². The topological polar surface area (TPSA) is 114 Å². The summed E-state index contributed by atoms with van der Waals surface area (Å²) in [5.74, 6) is -1.79. The van der Waals surface area contributed by atoms with Crippen LogP contribution < -0.4 is 10.6 Å². The summed E-state index contributed by atoms with van der Waals surface area (Å²) in [6, 6.07) is 2.16. The number of rotatable bonds is 5. The highest BCUT2D eigenvalue weighted by Gasteiger charge is 2.25.